The molecule has 4 aromatic rings. The minimum absolute atomic E-state index is 0.157. The van der Waals surface area contributed by atoms with Crippen LogP contribution in [0, 0.1) is 0 Å². The Labute approximate surface area is 194 Å². The van der Waals surface area contributed by atoms with Gasteiger partial charge in [-0.15, -0.1) is 5.10 Å². The zero-order chi connectivity index (χ0) is 23.9. The molecule has 0 radical (unpaired) electrons. The summed E-state index contributed by atoms with van der Waals surface area (Å²) in [6.45, 7) is 3.56. The van der Waals surface area contributed by atoms with Crippen molar-refractivity contribution < 1.29 is 18.3 Å². The van der Waals surface area contributed by atoms with E-state index in [0.29, 0.717) is 48.8 Å². The molecule has 0 atom stereocenters. The van der Waals surface area contributed by atoms with Crippen LogP contribution in [0.25, 0.3) is 17.0 Å². The lowest BCUT2D eigenvalue weighted by atomic mass is 10.2. The first kappa shape index (κ1) is 23.2. The second kappa shape index (κ2) is 10.8. The molecule has 4 heterocycles. The number of pyridine rings is 2. The molecule has 4 aromatic heterocycles. The Bertz CT molecular complexity index is 1280. The van der Waals surface area contributed by atoms with Gasteiger partial charge in [-0.1, -0.05) is 6.07 Å². The number of hydrogen-bond acceptors (Lipinski definition) is 7. The van der Waals surface area contributed by atoms with Crippen molar-refractivity contribution in [2.24, 2.45) is 0 Å². The van der Waals surface area contributed by atoms with Crippen molar-refractivity contribution in [3.8, 4) is 11.5 Å². The number of nitrogens with zero attached hydrogens (tertiary/aromatic N) is 5. The Morgan fingerprint density at radius 2 is 2.06 bits per heavy atom. The molecule has 11 heteroatoms. The molecule has 0 fully saturated rings. The third-order valence-corrected chi connectivity index (χ3v) is 4.89. The minimum Gasteiger partial charge on any atom is -0.382 e. The molecule has 4 rings (SSSR count). The Morgan fingerprint density at radius 3 is 2.88 bits per heavy atom. The van der Waals surface area contributed by atoms with E-state index in [-0.39, 0.29) is 23.1 Å². The summed E-state index contributed by atoms with van der Waals surface area (Å²) in [7, 11) is 0. The number of nitrogens with one attached hydrogen (secondary N) is 2. The van der Waals surface area contributed by atoms with Crippen molar-refractivity contribution in [3.05, 3.63) is 66.2 Å². The first-order chi connectivity index (χ1) is 16.6. The van der Waals surface area contributed by atoms with Crippen molar-refractivity contribution in [3.63, 3.8) is 0 Å². The summed E-state index contributed by atoms with van der Waals surface area (Å²) in [6.07, 6.45) is 2.71. The standard InChI is InChI=1S/C23H23F2N7O2/c1-2-34-13-5-10-27-23(33)15-14-26-11-9-16(15)29-22-19-8-4-12-32(19)31-21(30-22)18-7-3-6-17(28-18)20(24)25/h3-4,6-9,11-12,14,20H,2,5,10,13H2,1H3,(H,27,33)(H,26,29,30,31). The van der Waals surface area contributed by atoms with Crippen molar-refractivity contribution in [1.29, 1.82) is 0 Å². The Balaban J connectivity index is 1.63. The van der Waals surface area contributed by atoms with E-state index >= 15 is 0 Å². The fraction of sp³-hybridized carbons (Fsp3) is 0.261. The van der Waals surface area contributed by atoms with Crippen LogP contribution in [0.5, 0.6) is 0 Å². The van der Waals surface area contributed by atoms with E-state index in [4.69, 9.17) is 4.74 Å². The van der Waals surface area contributed by atoms with E-state index in [1.54, 1.807) is 41.2 Å². The minimum atomic E-state index is -2.71. The highest BCUT2D eigenvalue weighted by atomic mass is 19.3. The summed E-state index contributed by atoms with van der Waals surface area (Å²) >= 11 is 0. The topological polar surface area (TPSA) is 106 Å². The number of ether oxygens (including phenoxy) is 1. The molecule has 176 valence electrons. The molecular weight excluding hydrogens is 444 g/mol. The maximum absolute atomic E-state index is 13.1. The second-order valence-electron chi connectivity index (χ2n) is 7.22. The van der Waals surface area contributed by atoms with Gasteiger partial charge >= 0.3 is 0 Å². The van der Waals surface area contributed by atoms with Crippen LogP contribution in [0.2, 0.25) is 0 Å². The number of hydrogen-bond donors (Lipinski definition) is 2. The highest BCUT2D eigenvalue weighted by molar-refractivity contribution is 6.00. The van der Waals surface area contributed by atoms with Gasteiger partial charge in [0, 0.05) is 38.3 Å². The number of amides is 1. The summed E-state index contributed by atoms with van der Waals surface area (Å²) in [5, 5.41) is 10.4. The van der Waals surface area contributed by atoms with Crippen LogP contribution >= 0.6 is 0 Å². The van der Waals surface area contributed by atoms with Gasteiger partial charge in [0.05, 0.1) is 11.3 Å². The molecule has 0 spiro atoms. The van der Waals surface area contributed by atoms with Crippen LogP contribution in [-0.2, 0) is 4.74 Å². The first-order valence-electron chi connectivity index (χ1n) is 10.7. The van der Waals surface area contributed by atoms with Crippen LogP contribution in [-0.4, -0.2) is 50.2 Å². The van der Waals surface area contributed by atoms with Gasteiger partial charge in [-0.3, -0.25) is 9.78 Å². The van der Waals surface area contributed by atoms with E-state index in [1.807, 2.05) is 6.92 Å². The summed E-state index contributed by atoms with van der Waals surface area (Å²) in [5.41, 5.74) is 1.30. The van der Waals surface area contributed by atoms with Gasteiger partial charge in [0.15, 0.2) is 5.82 Å². The normalized spacial score (nSPS) is 11.2. The summed E-state index contributed by atoms with van der Waals surface area (Å²) in [5.74, 6) is 0.250. The third kappa shape index (κ3) is 5.31. The lowest BCUT2D eigenvalue weighted by Crippen LogP contribution is -2.26. The predicted molar refractivity (Wildman–Crippen MR) is 122 cm³/mol. The van der Waals surface area contributed by atoms with Crippen molar-refractivity contribution in [2.45, 2.75) is 19.8 Å². The summed E-state index contributed by atoms with van der Waals surface area (Å²) in [6, 6.07) is 9.53. The van der Waals surface area contributed by atoms with E-state index < -0.39 is 6.43 Å². The molecule has 34 heavy (non-hydrogen) atoms. The molecular formula is C23H23F2N7O2. The van der Waals surface area contributed by atoms with Crippen molar-refractivity contribution >= 4 is 22.9 Å². The zero-order valence-electron chi connectivity index (χ0n) is 18.4. The van der Waals surface area contributed by atoms with Gasteiger partial charge in [0.1, 0.15) is 16.9 Å². The summed E-state index contributed by atoms with van der Waals surface area (Å²) < 4.78 is 33.1. The Morgan fingerprint density at radius 1 is 1.18 bits per heavy atom. The molecule has 0 saturated heterocycles. The quantitative estimate of drug-likeness (QED) is 0.339. The molecule has 0 aliphatic carbocycles. The highest BCUT2D eigenvalue weighted by Crippen LogP contribution is 2.26. The van der Waals surface area contributed by atoms with Gasteiger partial charge in [0.2, 0.25) is 5.82 Å². The Hall–Kier alpha value is -3.99. The number of alkyl halides is 2. The number of halogens is 2. The molecule has 9 nitrogen and oxygen atoms in total. The van der Waals surface area contributed by atoms with Crippen molar-refractivity contribution in [2.75, 3.05) is 25.1 Å². The molecule has 0 aliphatic rings. The SMILES string of the molecule is CCOCCCNC(=O)c1cnccc1Nc1nc(-c2cccc(C(F)F)n2)nn2cccc12. The molecule has 0 bridgehead atoms. The number of carbonyl (C=O) groups is 1. The van der Waals surface area contributed by atoms with Gasteiger partial charge in [0.25, 0.3) is 12.3 Å². The largest absolute Gasteiger partial charge is 0.382 e. The predicted octanol–water partition coefficient (Wildman–Crippen LogP) is 4.02. The number of rotatable bonds is 10. The number of aromatic nitrogens is 5. The average molecular weight is 467 g/mol. The van der Waals surface area contributed by atoms with Crippen LogP contribution in [0.1, 0.15) is 35.8 Å². The smallest absolute Gasteiger partial charge is 0.280 e. The maximum Gasteiger partial charge on any atom is 0.280 e. The van der Waals surface area contributed by atoms with E-state index in [2.05, 4.69) is 30.7 Å². The monoisotopic (exact) mass is 467 g/mol. The van der Waals surface area contributed by atoms with E-state index in [0.717, 1.165) is 0 Å². The van der Waals surface area contributed by atoms with Crippen LogP contribution < -0.4 is 10.6 Å². The Kier molecular flexibility index (Phi) is 7.33. The first-order valence-corrected chi connectivity index (χ1v) is 10.7. The van der Waals surface area contributed by atoms with Gasteiger partial charge in [-0.25, -0.2) is 23.3 Å². The highest BCUT2D eigenvalue weighted by Gasteiger charge is 2.17. The molecule has 1 amide bonds. The lowest BCUT2D eigenvalue weighted by Gasteiger charge is -2.13. The van der Waals surface area contributed by atoms with E-state index in [9.17, 15) is 13.6 Å². The van der Waals surface area contributed by atoms with Gasteiger partial charge in [-0.05, 0) is 43.7 Å². The fourth-order valence-electron chi connectivity index (χ4n) is 3.26. The van der Waals surface area contributed by atoms with Crippen molar-refractivity contribution in [1.82, 2.24) is 29.9 Å². The molecule has 0 aromatic carbocycles. The number of anilines is 2. The summed E-state index contributed by atoms with van der Waals surface area (Å²) in [4.78, 5) is 25.3. The van der Waals surface area contributed by atoms with Crippen LogP contribution in [0.3, 0.4) is 0 Å². The van der Waals surface area contributed by atoms with Gasteiger partial charge in [-0.2, -0.15) is 0 Å². The van der Waals surface area contributed by atoms with Gasteiger partial charge < -0.3 is 15.4 Å². The van der Waals surface area contributed by atoms with Crippen LogP contribution in [0.4, 0.5) is 20.3 Å². The third-order valence-electron chi connectivity index (χ3n) is 4.89. The molecule has 2 N–H and O–H groups in total. The average Bonchev–Trinajstić information content (AvgIpc) is 3.33. The van der Waals surface area contributed by atoms with Crippen LogP contribution in [0.15, 0.2) is 55.0 Å². The second-order valence-corrected chi connectivity index (χ2v) is 7.22. The molecule has 0 aliphatic heterocycles. The zero-order valence-corrected chi connectivity index (χ0v) is 18.4. The lowest BCUT2D eigenvalue weighted by molar-refractivity contribution is 0.0944. The maximum atomic E-state index is 13.1. The van der Waals surface area contributed by atoms with E-state index in [1.165, 1.54) is 18.3 Å². The number of carbonyl (C=O) groups excluding carboxylic acids is 1. The molecule has 0 saturated carbocycles. The molecule has 0 unspecified atom stereocenters. The fourth-order valence-corrected chi connectivity index (χ4v) is 3.26. The number of fused-ring (bicyclic) bond motifs is 1.